The highest BCUT2D eigenvalue weighted by molar-refractivity contribution is 5.79. The predicted octanol–water partition coefficient (Wildman–Crippen LogP) is 2.57. The lowest BCUT2D eigenvalue weighted by Gasteiger charge is -2.29. The Morgan fingerprint density at radius 3 is 2.63 bits per heavy atom. The molecule has 0 radical (unpaired) electrons. The molecule has 1 saturated heterocycles. The summed E-state index contributed by atoms with van der Waals surface area (Å²) in [6, 6.07) is 15.5. The average Bonchev–Trinajstić information content (AvgIpc) is 2.84. The van der Waals surface area contributed by atoms with Crippen molar-refractivity contribution in [1.29, 1.82) is 0 Å². The molecule has 0 unspecified atom stereocenters. The third-order valence-electron chi connectivity index (χ3n) is 4.82. The van der Waals surface area contributed by atoms with E-state index in [1.165, 1.54) is 12.1 Å². The summed E-state index contributed by atoms with van der Waals surface area (Å²) in [7, 11) is 0. The van der Waals surface area contributed by atoms with Gasteiger partial charge in [0.05, 0.1) is 12.6 Å². The molecular weight excluding hydrogens is 345 g/mol. The highest BCUT2D eigenvalue weighted by Gasteiger charge is 2.27. The van der Waals surface area contributed by atoms with Gasteiger partial charge in [0.2, 0.25) is 11.8 Å². The van der Waals surface area contributed by atoms with Crippen LogP contribution >= 0.6 is 0 Å². The maximum Gasteiger partial charge on any atom is 0.234 e. The number of halogens is 1. The monoisotopic (exact) mass is 369 g/mol. The summed E-state index contributed by atoms with van der Waals surface area (Å²) in [6.45, 7) is 3.18. The topological polar surface area (TPSA) is 61.4 Å². The van der Waals surface area contributed by atoms with Gasteiger partial charge in [-0.1, -0.05) is 42.5 Å². The van der Waals surface area contributed by atoms with Crippen molar-refractivity contribution in [3.8, 4) is 0 Å². The van der Waals surface area contributed by atoms with Crippen molar-refractivity contribution < 1.29 is 14.0 Å². The minimum Gasteiger partial charge on any atom is -0.355 e. The van der Waals surface area contributed by atoms with Gasteiger partial charge in [0.1, 0.15) is 5.82 Å². The average molecular weight is 369 g/mol. The number of nitrogens with zero attached hydrogens (tertiary/aromatic N) is 1. The lowest BCUT2D eigenvalue weighted by molar-refractivity contribution is -0.125. The first kappa shape index (κ1) is 19.0. The molecule has 27 heavy (non-hydrogen) atoms. The van der Waals surface area contributed by atoms with Gasteiger partial charge in [-0.25, -0.2) is 4.39 Å². The van der Waals surface area contributed by atoms with E-state index >= 15 is 0 Å². The van der Waals surface area contributed by atoms with E-state index < -0.39 is 0 Å². The summed E-state index contributed by atoms with van der Waals surface area (Å²) in [5, 5.41) is 5.83. The van der Waals surface area contributed by atoms with E-state index in [4.69, 9.17) is 0 Å². The van der Waals surface area contributed by atoms with Crippen LogP contribution in [0, 0.1) is 5.82 Å². The molecule has 2 aromatic carbocycles. The van der Waals surface area contributed by atoms with Crippen LogP contribution in [0.25, 0.3) is 0 Å². The van der Waals surface area contributed by atoms with Crippen molar-refractivity contribution in [2.45, 2.75) is 25.4 Å². The molecule has 3 rings (SSSR count). The summed E-state index contributed by atoms with van der Waals surface area (Å²) in [4.78, 5) is 26.6. The lowest BCUT2D eigenvalue weighted by atomic mass is 10.0. The number of hydrogen-bond acceptors (Lipinski definition) is 3. The lowest BCUT2D eigenvalue weighted by Crippen LogP contribution is -2.41. The Morgan fingerprint density at radius 1 is 1.22 bits per heavy atom. The van der Waals surface area contributed by atoms with Crippen molar-refractivity contribution >= 4 is 11.8 Å². The van der Waals surface area contributed by atoms with Crippen LogP contribution in [0.2, 0.25) is 0 Å². The van der Waals surface area contributed by atoms with E-state index in [1.807, 2.05) is 42.2 Å². The van der Waals surface area contributed by atoms with Crippen LogP contribution in [-0.2, 0) is 9.59 Å². The van der Waals surface area contributed by atoms with E-state index in [2.05, 4.69) is 10.6 Å². The SMILES string of the molecule is C[C@H](NC(=O)CN1CCNC(=O)C[C@H]1c1ccccc1)c1ccc(F)cc1. The standard InChI is InChI=1S/C21H24FN3O2/c1-15(16-7-9-18(22)10-8-16)24-21(27)14-25-12-11-23-20(26)13-19(25)17-5-3-2-4-6-17/h2-10,15,19H,11-14H2,1H3,(H,23,26)(H,24,27)/t15-,19-/m0/s1. The number of nitrogens with one attached hydrogen (secondary N) is 2. The summed E-state index contributed by atoms with van der Waals surface area (Å²) in [5.41, 5.74) is 1.87. The van der Waals surface area contributed by atoms with Crippen LogP contribution < -0.4 is 10.6 Å². The molecule has 5 nitrogen and oxygen atoms in total. The molecule has 1 fully saturated rings. The summed E-state index contributed by atoms with van der Waals surface area (Å²) in [5.74, 6) is -0.432. The van der Waals surface area contributed by atoms with Crippen molar-refractivity contribution in [1.82, 2.24) is 15.5 Å². The molecule has 2 amide bonds. The Balaban J connectivity index is 1.68. The molecule has 0 spiro atoms. The van der Waals surface area contributed by atoms with Crippen LogP contribution in [0.5, 0.6) is 0 Å². The quantitative estimate of drug-likeness (QED) is 0.852. The zero-order valence-corrected chi connectivity index (χ0v) is 15.3. The summed E-state index contributed by atoms with van der Waals surface area (Å²) < 4.78 is 13.1. The maximum atomic E-state index is 13.1. The van der Waals surface area contributed by atoms with Crippen LogP contribution in [0.15, 0.2) is 54.6 Å². The molecule has 1 aliphatic heterocycles. The molecule has 6 heteroatoms. The summed E-state index contributed by atoms with van der Waals surface area (Å²) in [6.07, 6.45) is 0.324. The molecule has 0 aliphatic carbocycles. The molecule has 1 heterocycles. The fraction of sp³-hybridized carbons (Fsp3) is 0.333. The van der Waals surface area contributed by atoms with E-state index in [9.17, 15) is 14.0 Å². The van der Waals surface area contributed by atoms with Gasteiger partial charge in [0.25, 0.3) is 0 Å². The van der Waals surface area contributed by atoms with Gasteiger partial charge in [-0.2, -0.15) is 0 Å². The van der Waals surface area contributed by atoms with E-state index in [-0.39, 0.29) is 36.3 Å². The van der Waals surface area contributed by atoms with Crippen LogP contribution in [0.4, 0.5) is 4.39 Å². The normalized spacial score (nSPS) is 19.0. The van der Waals surface area contributed by atoms with Gasteiger partial charge < -0.3 is 10.6 Å². The number of rotatable bonds is 5. The highest BCUT2D eigenvalue weighted by atomic mass is 19.1. The fourth-order valence-electron chi connectivity index (χ4n) is 3.37. The zero-order valence-electron chi connectivity index (χ0n) is 15.3. The van der Waals surface area contributed by atoms with Crippen LogP contribution in [0.1, 0.15) is 36.6 Å². The molecule has 0 saturated carbocycles. The first-order chi connectivity index (χ1) is 13.0. The zero-order chi connectivity index (χ0) is 19.2. The second kappa shape index (κ2) is 8.77. The Bertz CT molecular complexity index is 780. The second-order valence-corrected chi connectivity index (χ2v) is 6.79. The molecule has 1 aliphatic rings. The Kier molecular flexibility index (Phi) is 6.19. The van der Waals surface area contributed by atoms with Gasteiger partial charge in [-0.15, -0.1) is 0 Å². The fourth-order valence-corrected chi connectivity index (χ4v) is 3.37. The Morgan fingerprint density at radius 2 is 1.93 bits per heavy atom. The Hall–Kier alpha value is -2.73. The molecular formula is C21H24FN3O2. The second-order valence-electron chi connectivity index (χ2n) is 6.79. The first-order valence-corrected chi connectivity index (χ1v) is 9.13. The van der Waals surface area contributed by atoms with Crippen molar-refractivity contribution in [2.24, 2.45) is 0 Å². The molecule has 2 atom stereocenters. The third-order valence-corrected chi connectivity index (χ3v) is 4.82. The Labute approximate surface area is 158 Å². The van der Waals surface area contributed by atoms with E-state index in [0.29, 0.717) is 19.5 Å². The largest absolute Gasteiger partial charge is 0.355 e. The van der Waals surface area contributed by atoms with Gasteiger partial charge in [0.15, 0.2) is 0 Å². The molecule has 2 N–H and O–H groups in total. The minimum absolute atomic E-state index is 0.00792. The van der Waals surface area contributed by atoms with E-state index in [0.717, 1.165) is 11.1 Å². The first-order valence-electron chi connectivity index (χ1n) is 9.13. The molecule has 0 bridgehead atoms. The maximum absolute atomic E-state index is 13.1. The van der Waals surface area contributed by atoms with Crippen molar-refractivity contribution in [3.05, 3.63) is 71.5 Å². The molecule has 0 aromatic heterocycles. The van der Waals surface area contributed by atoms with Gasteiger partial charge in [0, 0.05) is 25.6 Å². The number of hydrogen-bond donors (Lipinski definition) is 2. The van der Waals surface area contributed by atoms with Gasteiger partial charge in [-0.05, 0) is 30.2 Å². The van der Waals surface area contributed by atoms with Gasteiger partial charge in [-0.3, -0.25) is 14.5 Å². The van der Waals surface area contributed by atoms with Crippen LogP contribution in [0.3, 0.4) is 0 Å². The summed E-state index contributed by atoms with van der Waals surface area (Å²) >= 11 is 0. The smallest absolute Gasteiger partial charge is 0.234 e. The molecule has 2 aromatic rings. The molecule has 142 valence electrons. The van der Waals surface area contributed by atoms with Gasteiger partial charge >= 0.3 is 0 Å². The third kappa shape index (κ3) is 5.14. The number of benzene rings is 2. The van der Waals surface area contributed by atoms with Crippen molar-refractivity contribution in [3.63, 3.8) is 0 Å². The van der Waals surface area contributed by atoms with Crippen LogP contribution in [-0.4, -0.2) is 36.3 Å². The van der Waals surface area contributed by atoms with Crippen molar-refractivity contribution in [2.75, 3.05) is 19.6 Å². The number of carbonyl (C=O) groups excluding carboxylic acids is 2. The minimum atomic E-state index is -0.301. The highest BCUT2D eigenvalue weighted by Crippen LogP contribution is 2.25. The number of amides is 2. The predicted molar refractivity (Wildman–Crippen MR) is 101 cm³/mol. The van der Waals surface area contributed by atoms with E-state index in [1.54, 1.807) is 12.1 Å². The number of carbonyl (C=O) groups is 2.